The van der Waals surface area contributed by atoms with Crippen molar-refractivity contribution in [3.05, 3.63) is 29.8 Å². The van der Waals surface area contributed by atoms with E-state index in [0.29, 0.717) is 0 Å². The molecule has 2 aliphatic heterocycles. The van der Waals surface area contributed by atoms with Crippen molar-refractivity contribution in [1.29, 1.82) is 0 Å². The number of esters is 1. The minimum atomic E-state index is -0.204. The molecular weight excluding hydrogens is 324 g/mol. The summed E-state index contributed by atoms with van der Waals surface area (Å²) in [5, 5.41) is 0. The lowest BCUT2D eigenvalue weighted by Gasteiger charge is -2.36. The van der Waals surface area contributed by atoms with Gasteiger partial charge in [-0.3, -0.25) is 9.69 Å². The highest BCUT2D eigenvalue weighted by Gasteiger charge is 2.45. The second-order valence-electron chi connectivity index (χ2n) is 8.03. The van der Waals surface area contributed by atoms with E-state index in [4.69, 9.17) is 4.74 Å². The summed E-state index contributed by atoms with van der Waals surface area (Å²) in [5.41, 5.74) is 2.45. The van der Waals surface area contributed by atoms with Gasteiger partial charge in [-0.2, -0.15) is 0 Å². The molecule has 0 radical (unpaired) electrons. The Hall–Kier alpha value is -1.55. The quantitative estimate of drug-likeness (QED) is 0.689. The lowest BCUT2D eigenvalue weighted by atomic mass is 9.79. The molecule has 1 unspecified atom stereocenters. The van der Waals surface area contributed by atoms with Gasteiger partial charge in [-0.25, -0.2) is 0 Å². The van der Waals surface area contributed by atoms with Crippen molar-refractivity contribution < 1.29 is 9.53 Å². The lowest BCUT2D eigenvalue weighted by molar-refractivity contribution is -0.149. The van der Waals surface area contributed by atoms with Crippen LogP contribution >= 0.6 is 0 Å². The van der Waals surface area contributed by atoms with Crippen LogP contribution in [0.25, 0.3) is 0 Å². The molecule has 2 aliphatic rings. The first-order valence-electron chi connectivity index (χ1n) is 10.3. The number of anilines is 1. The summed E-state index contributed by atoms with van der Waals surface area (Å²) in [4.78, 5) is 17.2. The second-order valence-corrected chi connectivity index (χ2v) is 8.03. The maximum absolute atomic E-state index is 12.2. The van der Waals surface area contributed by atoms with Crippen molar-refractivity contribution in [3.8, 4) is 0 Å². The van der Waals surface area contributed by atoms with Gasteiger partial charge in [0.2, 0.25) is 0 Å². The van der Waals surface area contributed by atoms with E-state index in [0.717, 1.165) is 64.8 Å². The Morgan fingerprint density at radius 1 is 1.08 bits per heavy atom. The van der Waals surface area contributed by atoms with Gasteiger partial charge >= 0.3 is 5.97 Å². The Morgan fingerprint density at radius 2 is 1.73 bits per heavy atom. The van der Waals surface area contributed by atoms with Gasteiger partial charge in [0.15, 0.2) is 0 Å². The molecule has 1 aromatic rings. The van der Waals surface area contributed by atoms with Crippen LogP contribution in [0.2, 0.25) is 0 Å². The number of nitrogens with zero attached hydrogens (tertiary/aromatic N) is 2. The summed E-state index contributed by atoms with van der Waals surface area (Å²) < 4.78 is 5.67. The van der Waals surface area contributed by atoms with E-state index in [9.17, 15) is 4.79 Å². The summed E-state index contributed by atoms with van der Waals surface area (Å²) in [6, 6.07) is 8.84. The average molecular weight is 359 g/mol. The minimum absolute atomic E-state index is 0.0409. The van der Waals surface area contributed by atoms with E-state index in [1.54, 1.807) is 0 Å². The second kappa shape index (κ2) is 8.43. The zero-order chi connectivity index (χ0) is 18.6. The summed E-state index contributed by atoms with van der Waals surface area (Å²) in [6.45, 7) is 11.9. The molecule has 26 heavy (non-hydrogen) atoms. The lowest BCUT2D eigenvalue weighted by Crippen LogP contribution is -2.46. The topological polar surface area (TPSA) is 32.8 Å². The predicted molar refractivity (Wildman–Crippen MR) is 107 cm³/mol. The van der Waals surface area contributed by atoms with Gasteiger partial charge in [0.25, 0.3) is 0 Å². The molecule has 0 bridgehead atoms. The van der Waals surface area contributed by atoms with Crippen molar-refractivity contribution >= 4 is 11.7 Å². The monoisotopic (exact) mass is 358 g/mol. The molecule has 0 amide bonds. The van der Waals surface area contributed by atoms with Gasteiger partial charge in [-0.1, -0.05) is 31.5 Å². The fourth-order valence-electron chi connectivity index (χ4n) is 4.35. The first-order chi connectivity index (χ1) is 12.6. The van der Waals surface area contributed by atoms with Crippen LogP contribution in [0.1, 0.15) is 51.5 Å². The van der Waals surface area contributed by atoms with Crippen LogP contribution < -0.4 is 4.90 Å². The molecule has 0 N–H and O–H groups in total. The molecular formula is C22H34N2O2. The molecule has 144 valence electrons. The third kappa shape index (κ3) is 4.22. The van der Waals surface area contributed by atoms with Crippen LogP contribution in [0.4, 0.5) is 5.69 Å². The Kier molecular flexibility index (Phi) is 6.23. The third-order valence-electron chi connectivity index (χ3n) is 6.45. The molecule has 0 spiro atoms. The van der Waals surface area contributed by atoms with Gasteiger partial charge in [-0.15, -0.1) is 0 Å². The number of aryl methyl sites for hydroxylation is 1. The molecule has 4 nitrogen and oxygen atoms in total. The molecule has 2 fully saturated rings. The standard InChI is InChI=1S/C22H34N2O2/c1-4-22(5-2)17-20(26-21(22)25)7-6-12-23-13-15-24(16-14-23)19-10-8-18(3)9-11-19/h8-11,20H,4-7,12-17H2,1-3H3. The number of piperazine rings is 1. The van der Waals surface area contributed by atoms with Crippen LogP contribution in [0, 0.1) is 12.3 Å². The molecule has 0 aromatic heterocycles. The number of hydrogen-bond acceptors (Lipinski definition) is 4. The van der Waals surface area contributed by atoms with Crippen LogP contribution in [0.15, 0.2) is 24.3 Å². The Labute approximate surface area is 158 Å². The van der Waals surface area contributed by atoms with Gasteiger partial charge < -0.3 is 9.64 Å². The third-order valence-corrected chi connectivity index (χ3v) is 6.45. The smallest absolute Gasteiger partial charge is 0.312 e. The fourth-order valence-corrected chi connectivity index (χ4v) is 4.35. The minimum Gasteiger partial charge on any atom is -0.462 e. The summed E-state index contributed by atoms with van der Waals surface area (Å²) >= 11 is 0. The fraction of sp³-hybridized carbons (Fsp3) is 0.682. The maximum Gasteiger partial charge on any atom is 0.312 e. The van der Waals surface area contributed by atoms with E-state index in [1.165, 1.54) is 11.3 Å². The van der Waals surface area contributed by atoms with Crippen molar-refractivity contribution in [1.82, 2.24) is 4.90 Å². The molecule has 3 rings (SSSR count). The van der Waals surface area contributed by atoms with E-state index in [-0.39, 0.29) is 17.5 Å². The molecule has 0 saturated carbocycles. The predicted octanol–water partition coefficient (Wildman–Crippen LogP) is 4.02. The molecule has 0 aliphatic carbocycles. The highest BCUT2D eigenvalue weighted by Crippen LogP contribution is 2.41. The van der Waals surface area contributed by atoms with Gasteiger partial charge in [-0.05, 0) is 51.3 Å². The number of carbonyl (C=O) groups excluding carboxylic acids is 1. The maximum atomic E-state index is 12.2. The van der Waals surface area contributed by atoms with Gasteiger partial charge in [0.05, 0.1) is 5.41 Å². The average Bonchev–Trinajstić information content (AvgIpc) is 2.99. The highest BCUT2D eigenvalue weighted by molar-refractivity contribution is 5.78. The summed E-state index contributed by atoms with van der Waals surface area (Å²) in [5.74, 6) is 0.0409. The Bertz CT molecular complexity index is 587. The first-order valence-corrected chi connectivity index (χ1v) is 10.3. The van der Waals surface area contributed by atoms with Crippen LogP contribution in [-0.2, 0) is 9.53 Å². The molecule has 2 heterocycles. The van der Waals surface area contributed by atoms with E-state index >= 15 is 0 Å². The van der Waals surface area contributed by atoms with E-state index in [2.05, 4.69) is 54.8 Å². The van der Waals surface area contributed by atoms with Crippen molar-refractivity contribution in [2.24, 2.45) is 5.41 Å². The van der Waals surface area contributed by atoms with Crippen LogP contribution in [-0.4, -0.2) is 49.7 Å². The van der Waals surface area contributed by atoms with Crippen molar-refractivity contribution in [2.45, 2.75) is 59.0 Å². The molecule has 4 heteroatoms. The Balaban J connectivity index is 1.38. The van der Waals surface area contributed by atoms with Crippen molar-refractivity contribution in [2.75, 3.05) is 37.6 Å². The number of benzene rings is 1. The number of carbonyl (C=O) groups is 1. The SMILES string of the molecule is CCC1(CC)CC(CCCN2CCN(c3ccc(C)cc3)CC2)OC1=O. The van der Waals surface area contributed by atoms with Crippen molar-refractivity contribution in [3.63, 3.8) is 0 Å². The largest absolute Gasteiger partial charge is 0.462 e. The molecule has 2 saturated heterocycles. The first kappa shape index (κ1) is 19.2. The van der Waals surface area contributed by atoms with Gasteiger partial charge in [0.1, 0.15) is 6.10 Å². The van der Waals surface area contributed by atoms with Crippen LogP contribution in [0.3, 0.4) is 0 Å². The number of cyclic esters (lactones) is 1. The van der Waals surface area contributed by atoms with E-state index < -0.39 is 0 Å². The zero-order valence-electron chi connectivity index (χ0n) is 16.7. The molecule has 1 atom stereocenters. The molecule has 1 aromatic carbocycles. The van der Waals surface area contributed by atoms with Gasteiger partial charge in [0, 0.05) is 38.3 Å². The number of hydrogen-bond donors (Lipinski definition) is 0. The summed E-state index contributed by atoms with van der Waals surface area (Å²) in [7, 11) is 0. The van der Waals surface area contributed by atoms with Crippen LogP contribution in [0.5, 0.6) is 0 Å². The highest BCUT2D eigenvalue weighted by atomic mass is 16.6. The normalized spacial score (nSPS) is 23.3. The number of ether oxygens (including phenoxy) is 1. The Morgan fingerprint density at radius 3 is 2.31 bits per heavy atom. The number of rotatable bonds is 7. The summed E-state index contributed by atoms with van der Waals surface area (Å²) in [6.07, 6.45) is 4.98. The zero-order valence-corrected chi connectivity index (χ0v) is 16.7. The van der Waals surface area contributed by atoms with E-state index in [1.807, 2.05) is 0 Å².